The second kappa shape index (κ2) is 6.32. The number of hydrogen-bond donors (Lipinski definition) is 6. The molecule has 0 saturated carbocycles. The highest BCUT2D eigenvalue weighted by atomic mass is 16.7. The molecule has 0 aliphatic carbocycles. The van der Waals surface area contributed by atoms with Gasteiger partial charge in [0.25, 0.3) is 11.8 Å². The van der Waals surface area contributed by atoms with Gasteiger partial charge in [0.15, 0.2) is 0 Å². The number of carbonyl (C=O) groups excluding carboxylic acids is 2. The van der Waals surface area contributed by atoms with Crippen molar-refractivity contribution in [2.24, 2.45) is 11.8 Å². The summed E-state index contributed by atoms with van der Waals surface area (Å²) in [6, 6.07) is -1.62. The summed E-state index contributed by atoms with van der Waals surface area (Å²) in [5, 5.41) is 22.8. The zero-order valence-electron chi connectivity index (χ0n) is 12.2. The molecule has 4 fully saturated rings. The minimum atomic E-state index is -1.01. The summed E-state index contributed by atoms with van der Waals surface area (Å²) in [5.74, 6) is -3.88. The molecule has 4 rings (SSSR count). The zero-order valence-corrected chi connectivity index (χ0v) is 12.2. The van der Waals surface area contributed by atoms with E-state index < -0.39 is 35.9 Å². The first-order valence-corrected chi connectivity index (χ1v) is 7.23. The predicted octanol–water partition coefficient (Wildman–Crippen LogP) is -3.82. The molecule has 0 aromatic carbocycles. The van der Waals surface area contributed by atoms with Gasteiger partial charge >= 0.3 is 11.9 Å². The standard InChI is InChI=1S/2C6H8N2O4/c2*9-5-3-2(12-8-5)1-7-4(3)6(10)11/h2*2-4,7H,1H2,(H,8,9)(H,10,11)/t2*2-,3-,4-/m10/s1. The van der Waals surface area contributed by atoms with Crippen LogP contribution in [0.15, 0.2) is 0 Å². The zero-order chi connectivity index (χ0) is 17.4. The Morgan fingerprint density at radius 2 is 1.21 bits per heavy atom. The number of fused-ring (bicyclic) bond motifs is 2. The van der Waals surface area contributed by atoms with Crippen LogP contribution in [0.1, 0.15) is 0 Å². The van der Waals surface area contributed by atoms with E-state index in [2.05, 4.69) is 21.6 Å². The topological polar surface area (TPSA) is 175 Å². The number of carbonyl (C=O) groups is 4. The summed E-state index contributed by atoms with van der Waals surface area (Å²) in [5.41, 5.74) is 4.33. The lowest BCUT2D eigenvalue weighted by molar-refractivity contribution is -0.142. The molecule has 4 aliphatic rings. The van der Waals surface area contributed by atoms with Crippen LogP contribution < -0.4 is 21.6 Å². The lowest BCUT2D eigenvalue weighted by atomic mass is 9.99. The Morgan fingerprint density at radius 3 is 1.54 bits per heavy atom. The van der Waals surface area contributed by atoms with Gasteiger partial charge in [-0.15, -0.1) is 0 Å². The number of hydrogen-bond acceptors (Lipinski definition) is 8. The molecule has 2 amide bonds. The van der Waals surface area contributed by atoms with Crippen molar-refractivity contribution in [1.82, 2.24) is 21.6 Å². The van der Waals surface area contributed by atoms with Crippen LogP contribution in [0.2, 0.25) is 0 Å². The SMILES string of the molecule is O=C1NO[C@@H]2CN[C@@H](C(=O)O)[C@H]12.O=C1NO[C@H]2CN[C@H](C(=O)O)[C@@H]12. The molecule has 0 aromatic rings. The largest absolute Gasteiger partial charge is 0.480 e. The smallest absolute Gasteiger partial charge is 0.321 e. The molecule has 132 valence electrons. The molecule has 6 atom stereocenters. The maximum atomic E-state index is 11.0. The molecule has 4 aliphatic heterocycles. The molecule has 12 nitrogen and oxygen atoms in total. The Morgan fingerprint density at radius 1 is 0.833 bits per heavy atom. The Labute approximate surface area is 134 Å². The molecule has 0 bridgehead atoms. The number of nitrogens with one attached hydrogen (secondary N) is 4. The summed E-state index contributed by atoms with van der Waals surface area (Å²) in [6.07, 6.45) is -0.669. The third-order valence-corrected chi connectivity index (χ3v) is 4.36. The lowest BCUT2D eigenvalue weighted by Crippen LogP contribution is -2.40. The van der Waals surface area contributed by atoms with Gasteiger partial charge in [-0.2, -0.15) is 0 Å². The van der Waals surface area contributed by atoms with Gasteiger partial charge in [0.05, 0.1) is 11.8 Å². The Bertz CT molecular complexity index is 533. The van der Waals surface area contributed by atoms with Crippen LogP contribution >= 0.6 is 0 Å². The average Bonchev–Trinajstić information content (AvgIpc) is 3.24. The highest BCUT2D eigenvalue weighted by Gasteiger charge is 2.50. The van der Waals surface area contributed by atoms with Gasteiger partial charge in [0.1, 0.15) is 24.3 Å². The maximum absolute atomic E-state index is 11.0. The van der Waals surface area contributed by atoms with E-state index in [4.69, 9.17) is 19.9 Å². The predicted molar refractivity (Wildman–Crippen MR) is 71.9 cm³/mol. The number of carboxylic acid groups (broad SMARTS) is 2. The number of amides is 2. The molecule has 12 heteroatoms. The normalized spacial score (nSPS) is 39.3. The molecule has 6 N–H and O–H groups in total. The van der Waals surface area contributed by atoms with Crippen LogP contribution in [-0.2, 0) is 28.9 Å². The van der Waals surface area contributed by atoms with E-state index in [1.165, 1.54) is 0 Å². The molecule has 0 aromatic heterocycles. The van der Waals surface area contributed by atoms with Gasteiger partial charge in [-0.05, 0) is 0 Å². The summed E-state index contributed by atoms with van der Waals surface area (Å²) in [6.45, 7) is 0.806. The van der Waals surface area contributed by atoms with E-state index in [1.807, 2.05) is 0 Å². The summed E-state index contributed by atoms with van der Waals surface area (Å²) in [7, 11) is 0. The fourth-order valence-corrected chi connectivity index (χ4v) is 3.18. The van der Waals surface area contributed by atoms with E-state index in [-0.39, 0.29) is 24.0 Å². The summed E-state index contributed by atoms with van der Waals surface area (Å²) in [4.78, 5) is 52.9. The van der Waals surface area contributed by atoms with Crippen LogP contribution in [-0.4, -0.2) is 71.3 Å². The van der Waals surface area contributed by atoms with E-state index >= 15 is 0 Å². The quantitative estimate of drug-likeness (QED) is 0.291. The second-order valence-corrected chi connectivity index (χ2v) is 5.75. The highest BCUT2D eigenvalue weighted by molar-refractivity contribution is 5.89. The first-order chi connectivity index (χ1) is 11.4. The van der Waals surface area contributed by atoms with Crippen LogP contribution in [0.4, 0.5) is 0 Å². The van der Waals surface area contributed by atoms with Crippen molar-refractivity contribution in [3.8, 4) is 0 Å². The third kappa shape index (κ3) is 2.80. The van der Waals surface area contributed by atoms with Crippen LogP contribution in [0.5, 0.6) is 0 Å². The highest BCUT2D eigenvalue weighted by Crippen LogP contribution is 2.24. The Balaban J connectivity index is 0.000000141. The molecule has 4 heterocycles. The van der Waals surface area contributed by atoms with Crippen molar-refractivity contribution in [2.75, 3.05) is 13.1 Å². The molecule has 0 spiro atoms. The van der Waals surface area contributed by atoms with Crippen molar-refractivity contribution in [2.45, 2.75) is 24.3 Å². The van der Waals surface area contributed by atoms with Gasteiger partial charge < -0.3 is 20.8 Å². The molecular formula is C12H16N4O8. The van der Waals surface area contributed by atoms with Gasteiger partial charge in [0.2, 0.25) is 0 Å². The van der Waals surface area contributed by atoms with Gasteiger partial charge in [-0.1, -0.05) is 0 Å². The Kier molecular flexibility index (Phi) is 4.36. The summed E-state index contributed by atoms with van der Waals surface area (Å²) < 4.78 is 0. The molecule has 0 unspecified atom stereocenters. The van der Waals surface area contributed by atoms with E-state index in [0.29, 0.717) is 13.1 Å². The number of hydroxylamine groups is 2. The minimum absolute atomic E-state index is 0.335. The van der Waals surface area contributed by atoms with Gasteiger partial charge in [-0.3, -0.25) is 28.9 Å². The van der Waals surface area contributed by atoms with Crippen LogP contribution in [0.3, 0.4) is 0 Å². The first-order valence-electron chi connectivity index (χ1n) is 7.23. The third-order valence-electron chi connectivity index (χ3n) is 4.36. The summed E-state index contributed by atoms with van der Waals surface area (Å²) >= 11 is 0. The Hall–Kier alpha value is -2.28. The number of rotatable bonds is 2. The van der Waals surface area contributed by atoms with Crippen molar-refractivity contribution < 1.29 is 39.1 Å². The van der Waals surface area contributed by atoms with Crippen molar-refractivity contribution in [3.63, 3.8) is 0 Å². The van der Waals surface area contributed by atoms with E-state index in [1.54, 1.807) is 0 Å². The molecule has 24 heavy (non-hydrogen) atoms. The van der Waals surface area contributed by atoms with Crippen molar-refractivity contribution in [3.05, 3.63) is 0 Å². The molecule has 0 radical (unpaired) electrons. The number of aliphatic carboxylic acids is 2. The fraction of sp³-hybridized carbons (Fsp3) is 0.667. The maximum Gasteiger partial charge on any atom is 0.321 e. The van der Waals surface area contributed by atoms with Gasteiger partial charge in [0, 0.05) is 13.1 Å². The fourth-order valence-electron chi connectivity index (χ4n) is 3.18. The number of carboxylic acids is 2. The lowest BCUT2D eigenvalue weighted by Gasteiger charge is -2.08. The van der Waals surface area contributed by atoms with E-state index in [0.717, 1.165) is 0 Å². The minimum Gasteiger partial charge on any atom is -0.480 e. The van der Waals surface area contributed by atoms with Crippen LogP contribution in [0, 0.1) is 11.8 Å². The monoisotopic (exact) mass is 344 g/mol. The second-order valence-electron chi connectivity index (χ2n) is 5.75. The van der Waals surface area contributed by atoms with Crippen LogP contribution in [0.25, 0.3) is 0 Å². The van der Waals surface area contributed by atoms with E-state index in [9.17, 15) is 19.2 Å². The molecular weight excluding hydrogens is 328 g/mol. The average molecular weight is 344 g/mol. The van der Waals surface area contributed by atoms with Crippen molar-refractivity contribution in [1.29, 1.82) is 0 Å². The van der Waals surface area contributed by atoms with Gasteiger partial charge in [-0.25, -0.2) is 11.0 Å². The first kappa shape index (κ1) is 16.6. The molecule has 4 saturated heterocycles. The van der Waals surface area contributed by atoms with Crippen molar-refractivity contribution >= 4 is 23.8 Å².